The number of benzene rings is 2. The van der Waals surface area contributed by atoms with Gasteiger partial charge in [0, 0.05) is 50.4 Å². The lowest BCUT2D eigenvalue weighted by Gasteiger charge is -2.35. The smallest absolute Gasteiger partial charge is 0.251 e. The number of nitrogens with one attached hydrogen (secondary N) is 2. The van der Waals surface area contributed by atoms with Crippen molar-refractivity contribution in [3.63, 3.8) is 0 Å². The number of rotatable bonds is 8. The average Bonchev–Trinajstić information content (AvgIpc) is 2.79. The Morgan fingerprint density at radius 1 is 0.933 bits per heavy atom. The quantitative estimate of drug-likeness (QED) is 0.690. The molecule has 2 aromatic rings. The van der Waals surface area contributed by atoms with Gasteiger partial charge in [-0.2, -0.15) is 0 Å². The van der Waals surface area contributed by atoms with Gasteiger partial charge in [-0.1, -0.05) is 18.2 Å². The first-order valence-corrected chi connectivity index (χ1v) is 10.2. The number of carbonyl (C=O) groups excluding carboxylic acids is 2. The third-order valence-electron chi connectivity index (χ3n) is 5.31. The van der Waals surface area contributed by atoms with Crippen LogP contribution in [0.5, 0.6) is 5.75 Å². The number of hydrogen-bond acceptors (Lipinski definition) is 5. The van der Waals surface area contributed by atoms with E-state index in [0.717, 1.165) is 26.2 Å². The van der Waals surface area contributed by atoms with Crippen molar-refractivity contribution in [2.24, 2.45) is 0 Å². The molecule has 1 saturated heterocycles. The number of ether oxygens (including phenoxy) is 1. The second kappa shape index (κ2) is 10.8. The summed E-state index contributed by atoms with van der Waals surface area (Å²) < 4.78 is 5.16. The summed E-state index contributed by atoms with van der Waals surface area (Å²) in [5, 5.41) is 6.05. The van der Waals surface area contributed by atoms with Crippen LogP contribution in [0.25, 0.3) is 0 Å². The number of carbonyl (C=O) groups is 2. The van der Waals surface area contributed by atoms with Crippen molar-refractivity contribution >= 4 is 11.8 Å². The SMILES string of the molecule is COc1ccc(C(=O)NC(CNC(=O)c2ccccc2)CN2CCN(C)CC2)cc1. The summed E-state index contributed by atoms with van der Waals surface area (Å²) >= 11 is 0. The van der Waals surface area contributed by atoms with Gasteiger partial charge in [-0.3, -0.25) is 14.5 Å². The lowest BCUT2D eigenvalue weighted by Crippen LogP contribution is -2.53. The molecule has 2 amide bonds. The maximum Gasteiger partial charge on any atom is 0.251 e. The maximum atomic E-state index is 12.8. The molecule has 2 aromatic carbocycles. The van der Waals surface area contributed by atoms with Gasteiger partial charge in [0.25, 0.3) is 11.8 Å². The molecular formula is C23H30N4O3. The van der Waals surface area contributed by atoms with E-state index in [1.807, 2.05) is 18.2 Å². The summed E-state index contributed by atoms with van der Waals surface area (Å²) in [6.07, 6.45) is 0. The molecule has 7 nitrogen and oxygen atoms in total. The van der Waals surface area contributed by atoms with E-state index >= 15 is 0 Å². The minimum absolute atomic E-state index is 0.141. The highest BCUT2D eigenvalue weighted by Crippen LogP contribution is 2.11. The standard InChI is InChI=1S/C23H30N4O3/c1-26-12-14-27(15-13-26)17-20(16-24-22(28)18-6-4-3-5-7-18)25-23(29)19-8-10-21(30-2)11-9-19/h3-11,20H,12-17H2,1-2H3,(H,24,28)(H,25,29). The fourth-order valence-electron chi connectivity index (χ4n) is 3.42. The van der Waals surface area contributed by atoms with Crippen LogP contribution in [0.2, 0.25) is 0 Å². The van der Waals surface area contributed by atoms with E-state index in [1.54, 1.807) is 43.5 Å². The Bertz CT molecular complexity index is 818. The first-order chi connectivity index (χ1) is 14.5. The van der Waals surface area contributed by atoms with Crippen LogP contribution >= 0.6 is 0 Å². The van der Waals surface area contributed by atoms with Crippen molar-refractivity contribution in [1.82, 2.24) is 20.4 Å². The Balaban J connectivity index is 1.63. The Morgan fingerprint density at radius 2 is 1.57 bits per heavy atom. The highest BCUT2D eigenvalue weighted by atomic mass is 16.5. The van der Waals surface area contributed by atoms with Gasteiger partial charge in [-0.05, 0) is 43.4 Å². The van der Waals surface area contributed by atoms with Crippen LogP contribution in [0.1, 0.15) is 20.7 Å². The van der Waals surface area contributed by atoms with Crippen molar-refractivity contribution in [3.8, 4) is 5.75 Å². The summed E-state index contributed by atoms with van der Waals surface area (Å²) in [6, 6.07) is 15.9. The lowest BCUT2D eigenvalue weighted by atomic mass is 10.1. The molecule has 1 fully saturated rings. The van der Waals surface area contributed by atoms with E-state index in [1.165, 1.54) is 0 Å². The maximum absolute atomic E-state index is 12.8. The molecular weight excluding hydrogens is 380 g/mol. The summed E-state index contributed by atoms with van der Waals surface area (Å²) in [5.74, 6) is 0.402. The zero-order valence-electron chi connectivity index (χ0n) is 17.6. The van der Waals surface area contributed by atoms with Crippen LogP contribution < -0.4 is 15.4 Å². The van der Waals surface area contributed by atoms with Gasteiger partial charge < -0.3 is 20.3 Å². The van der Waals surface area contributed by atoms with Gasteiger partial charge in [-0.15, -0.1) is 0 Å². The highest BCUT2D eigenvalue weighted by Gasteiger charge is 2.21. The lowest BCUT2D eigenvalue weighted by molar-refractivity contribution is 0.0878. The van der Waals surface area contributed by atoms with E-state index in [0.29, 0.717) is 30.0 Å². The highest BCUT2D eigenvalue weighted by molar-refractivity contribution is 5.95. The van der Waals surface area contributed by atoms with Crippen LogP contribution in [-0.4, -0.2) is 81.1 Å². The van der Waals surface area contributed by atoms with Crippen molar-refractivity contribution in [3.05, 3.63) is 65.7 Å². The monoisotopic (exact) mass is 410 g/mol. The topological polar surface area (TPSA) is 73.9 Å². The molecule has 2 N–H and O–H groups in total. The van der Waals surface area contributed by atoms with Gasteiger partial charge in [0.05, 0.1) is 13.2 Å². The Hall–Kier alpha value is -2.90. The molecule has 7 heteroatoms. The van der Waals surface area contributed by atoms with Crippen LogP contribution in [-0.2, 0) is 0 Å². The Labute approximate surface area is 178 Å². The zero-order valence-corrected chi connectivity index (χ0v) is 17.6. The Morgan fingerprint density at radius 3 is 2.20 bits per heavy atom. The van der Waals surface area contributed by atoms with Gasteiger partial charge in [-0.25, -0.2) is 0 Å². The second-order valence-corrected chi connectivity index (χ2v) is 7.58. The molecule has 1 unspecified atom stereocenters. The molecule has 30 heavy (non-hydrogen) atoms. The molecule has 1 atom stereocenters. The number of likely N-dealkylation sites (N-methyl/N-ethyl adjacent to an activating group) is 1. The van der Waals surface area contributed by atoms with E-state index in [9.17, 15) is 9.59 Å². The van der Waals surface area contributed by atoms with Crippen molar-refractivity contribution in [2.45, 2.75) is 6.04 Å². The van der Waals surface area contributed by atoms with Gasteiger partial charge in [0.15, 0.2) is 0 Å². The molecule has 1 aliphatic heterocycles. The minimum atomic E-state index is -0.198. The van der Waals surface area contributed by atoms with Crippen LogP contribution in [0.15, 0.2) is 54.6 Å². The number of nitrogens with zero attached hydrogens (tertiary/aromatic N) is 2. The van der Waals surface area contributed by atoms with Crippen molar-refractivity contribution < 1.29 is 14.3 Å². The number of amides is 2. The van der Waals surface area contributed by atoms with Crippen molar-refractivity contribution in [1.29, 1.82) is 0 Å². The van der Waals surface area contributed by atoms with Crippen LogP contribution in [0.3, 0.4) is 0 Å². The number of hydrogen-bond donors (Lipinski definition) is 2. The van der Waals surface area contributed by atoms with Gasteiger partial charge in [0.2, 0.25) is 0 Å². The van der Waals surface area contributed by atoms with E-state index in [-0.39, 0.29) is 17.9 Å². The molecule has 0 bridgehead atoms. The second-order valence-electron chi connectivity index (χ2n) is 7.58. The third-order valence-corrected chi connectivity index (χ3v) is 5.31. The summed E-state index contributed by atoms with van der Waals surface area (Å²) in [6.45, 7) is 4.92. The molecule has 160 valence electrons. The van der Waals surface area contributed by atoms with Crippen molar-refractivity contribution in [2.75, 3.05) is 53.4 Å². The predicted octanol–water partition coefficient (Wildman–Crippen LogP) is 1.47. The predicted molar refractivity (Wildman–Crippen MR) is 117 cm³/mol. The molecule has 0 spiro atoms. The largest absolute Gasteiger partial charge is 0.497 e. The average molecular weight is 411 g/mol. The number of piperazine rings is 1. The molecule has 0 aliphatic carbocycles. The fraction of sp³-hybridized carbons (Fsp3) is 0.391. The van der Waals surface area contributed by atoms with Gasteiger partial charge in [0.1, 0.15) is 5.75 Å². The molecule has 1 aliphatic rings. The minimum Gasteiger partial charge on any atom is -0.497 e. The van der Waals surface area contributed by atoms with E-state index in [4.69, 9.17) is 4.74 Å². The summed E-state index contributed by atoms with van der Waals surface area (Å²) in [5.41, 5.74) is 1.17. The molecule has 0 radical (unpaired) electrons. The normalized spacial score (nSPS) is 15.9. The molecule has 0 saturated carbocycles. The van der Waals surface area contributed by atoms with E-state index in [2.05, 4.69) is 27.5 Å². The number of methoxy groups -OCH3 is 1. The summed E-state index contributed by atoms with van der Waals surface area (Å²) in [4.78, 5) is 29.8. The van der Waals surface area contributed by atoms with Crippen LogP contribution in [0, 0.1) is 0 Å². The first kappa shape index (κ1) is 21.8. The van der Waals surface area contributed by atoms with Gasteiger partial charge >= 0.3 is 0 Å². The first-order valence-electron chi connectivity index (χ1n) is 10.2. The molecule has 1 heterocycles. The molecule has 3 rings (SSSR count). The van der Waals surface area contributed by atoms with E-state index < -0.39 is 0 Å². The van der Waals surface area contributed by atoms with Crippen LogP contribution in [0.4, 0.5) is 0 Å². The Kier molecular flexibility index (Phi) is 7.82. The fourth-order valence-corrected chi connectivity index (χ4v) is 3.42. The third kappa shape index (κ3) is 6.30. The molecule has 0 aromatic heterocycles. The summed E-state index contributed by atoms with van der Waals surface area (Å²) in [7, 11) is 3.71. The zero-order chi connectivity index (χ0) is 21.3.